The first-order valence-corrected chi connectivity index (χ1v) is 8.58. The molecule has 3 aromatic heterocycles. The average molecular weight is 363 g/mol. The molecule has 4 aromatic rings. The third kappa shape index (κ3) is 3.19. The summed E-state index contributed by atoms with van der Waals surface area (Å²) in [6, 6.07) is 11.5. The number of hydrogen-bond donors (Lipinski definition) is 3. The number of carbonyl (C=O) groups is 1. The van der Waals surface area contributed by atoms with E-state index < -0.39 is 6.04 Å². The molecule has 0 saturated heterocycles. The minimum absolute atomic E-state index is 0.315. The van der Waals surface area contributed by atoms with Crippen molar-refractivity contribution in [2.75, 3.05) is 0 Å². The van der Waals surface area contributed by atoms with Gasteiger partial charge < -0.3 is 10.3 Å². The summed E-state index contributed by atoms with van der Waals surface area (Å²) >= 11 is 0. The number of rotatable bonds is 4. The average Bonchev–Trinajstić information content (AvgIpc) is 3.27. The van der Waals surface area contributed by atoms with Gasteiger partial charge in [0, 0.05) is 22.2 Å². The van der Waals surface area contributed by atoms with E-state index in [9.17, 15) is 9.18 Å². The minimum atomic E-state index is -0.456. The van der Waals surface area contributed by atoms with E-state index in [2.05, 4.69) is 25.5 Å². The molecule has 3 heterocycles. The lowest BCUT2D eigenvalue weighted by molar-refractivity contribution is 0.0935. The fourth-order valence-electron chi connectivity index (χ4n) is 3.07. The Morgan fingerprint density at radius 1 is 1.22 bits per heavy atom. The van der Waals surface area contributed by atoms with E-state index in [1.165, 1.54) is 6.07 Å². The Labute approximate surface area is 154 Å². The van der Waals surface area contributed by atoms with Crippen LogP contribution in [0.5, 0.6) is 0 Å². The summed E-state index contributed by atoms with van der Waals surface area (Å²) in [5.74, 6) is -0.659. The van der Waals surface area contributed by atoms with Gasteiger partial charge in [-0.15, -0.1) is 0 Å². The van der Waals surface area contributed by atoms with E-state index in [0.29, 0.717) is 16.9 Å². The number of fused-ring (bicyclic) bond motifs is 1. The monoisotopic (exact) mass is 363 g/mol. The van der Waals surface area contributed by atoms with Crippen molar-refractivity contribution in [2.24, 2.45) is 0 Å². The molecule has 3 N–H and O–H groups in total. The Hall–Kier alpha value is -3.48. The molecule has 0 unspecified atom stereocenters. The van der Waals surface area contributed by atoms with Crippen LogP contribution in [0, 0.1) is 12.7 Å². The molecule has 136 valence electrons. The standard InChI is InChI=1S/C20H18FN5O/c1-11(14-5-3-4-6-16(14)21)23-20(27)18-9-13-7-8-17(24-19(13)25-18)15-10-22-26-12(15)2/h3-11H,1-2H3,(H,22,26)(H,23,27)(H,24,25)/t11-/m1/s1. The molecule has 4 rings (SSSR count). The second kappa shape index (κ2) is 6.68. The van der Waals surface area contributed by atoms with E-state index in [-0.39, 0.29) is 11.7 Å². The summed E-state index contributed by atoms with van der Waals surface area (Å²) in [5, 5.41) is 10.5. The Balaban J connectivity index is 1.59. The molecular weight excluding hydrogens is 345 g/mol. The Kier molecular flexibility index (Phi) is 4.19. The van der Waals surface area contributed by atoms with E-state index >= 15 is 0 Å². The molecule has 0 saturated carbocycles. The molecule has 0 radical (unpaired) electrons. The quantitative estimate of drug-likeness (QED) is 0.514. The van der Waals surface area contributed by atoms with Gasteiger partial charge in [0.2, 0.25) is 0 Å². The molecule has 1 amide bonds. The summed E-state index contributed by atoms with van der Waals surface area (Å²) in [5.41, 5.74) is 4.02. The van der Waals surface area contributed by atoms with Crippen LogP contribution >= 0.6 is 0 Å². The summed E-state index contributed by atoms with van der Waals surface area (Å²) in [4.78, 5) is 20.2. The first kappa shape index (κ1) is 17.0. The van der Waals surface area contributed by atoms with Gasteiger partial charge >= 0.3 is 0 Å². The second-order valence-electron chi connectivity index (χ2n) is 6.44. The van der Waals surface area contributed by atoms with Crippen molar-refractivity contribution in [3.63, 3.8) is 0 Å². The topological polar surface area (TPSA) is 86.5 Å². The largest absolute Gasteiger partial charge is 0.344 e. The predicted octanol–water partition coefficient (Wildman–Crippen LogP) is 3.89. The van der Waals surface area contributed by atoms with Crippen LogP contribution in [0.1, 0.15) is 34.7 Å². The van der Waals surface area contributed by atoms with Crippen molar-refractivity contribution < 1.29 is 9.18 Å². The highest BCUT2D eigenvalue weighted by atomic mass is 19.1. The fraction of sp³-hybridized carbons (Fsp3) is 0.150. The van der Waals surface area contributed by atoms with Crippen LogP contribution in [0.4, 0.5) is 4.39 Å². The van der Waals surface area contributed by atoms with Gasteiger partial charge in [-0.05, 0) is 38.1 Å². The molecule has 1 aromatic carbocycles. The molecule has 0 aliphatic carbocycles. The Morgan fingerprint density at radius 2 is 2.04 bits per heavy atom. The number of aromatic amines is 2. The number of benzene rings is 1. The van der Waals surface area contributed by atoms with Crippen molar-refractivity contribution in [2.45, 2.75) is 19.9 Å². The van der Waals surface area contributed by atoms with Crippen molar-refractivity contribution in [1.29, 1.82) is 0 Å². The van der Waals surface area contributed by atoms with Gasteiger partial charge in [-0.3, -0.25) is 9.89 Å². The number of aryl methyl sites for hydroxylation is 1. The molecule has 6 nitrogen and oxygen atoms in total. The maximum Gasteiger partial charge on any atom is 0.268 e. The van der Waals surface area contributed by atoms with E-state index in [1.54, 1.807) is 37.4 Å². The molecule has 1 atom stereocenters. The first-order chi connectivity index (χ1) is 13.0. The molecule has 0 bridgehead atoms. The highest BCUT2D eigenvalue weighted by Gasteiger charge is 2.17. The number of nitrogens with one attached hydrogen (secondary N) is 3. The third-order valence-corrected chi connectivity index (χ3v) is 4.55. The van der Waals surface area contributed by atoms with Crippen molar-refractivity contribution >= 4 is 16.9 Å². The second-order valence-corrected chi connectivity index (χ2v) is 6.44. The SMILES string of the molecule is Cc1[nH]ncc1-c1ccc2cc(C(=O)N[C@H](C)c3ccccc3F)[nH]c2n1. The summed E-state index contributed by atoms with van der Waals surface area (Å²) in [6.07, 6.45) is 1.72. The molecule has 27 heavy (non-hydrogen) atoms. The first-order valence-electron chi connectivity index (χ1n) is 8.58. The number of halogens is 1. The number of H-pyrrole nitrogens is 2. The lowest BCUT2D eigenvalue weighted by Gasteiger charge is -2.14. The zero-order valence-corrected chi connectivity index (χ0v) is 14.9. The van der Waals surface area contributed by atoms with Crippen molar-refractivity contribution in [3.8, 4) is 11.3 Å². The minimum Gasteiger partial charge on any atom is -0.344 e. The molecule has 0 fully saturated rings. The zero-order valence-electron chi connectivity index (χ0n) is 14.9. The summed E-state index contributed by atoms with van der Waals surface area (Å²) in [6.45, 7) is 3.67. The molecular formula is C20H18FN5O. The smallest absolute Gasteiger partial charge is 0.268 e. The highest BCUT2D eigenvalue weighted by molar-refractivity contribution is 5.97. The maximum absolute atomic E-state index is 13.9. The molecule has 0 aliphatic heterocycles. The number of hydrogen-bond acceptors (Lipinski definition) is 3. The van der Waals surface area contributed by atoms with Gasteiger partial charge in [-0.25, -0.2) is 9.37 Å². The van der Waals surface area contributed by atoms with Crippen LogP contribution in [-0.2, 0) is 0 Å². The van der Waals surface area contributed by atoms with Crippen LogP contribution < -0.4 is 5.32 Å². The summed E-state index contributed by atoms with van der Waals surface area (Å²) in [7, 11) is 0. The predicted molar refractivity (Wildman–Crippen MR) is 101 cm³/mol. The van der Waals surface area contributed by atoms with Crippen LogP contribution in [0.25, 0.3) is 22.3 Å². The third-order valence-electron chi connectivity index (χ3n) is 4.55. The van der Waals surface area contributed by atoms with Crippen LogP contribution in [0.2, 0.25) is 0 Å². The van der Waals surface area contributed by atoms with Crippen LogP contribution in [-0.4, -0.2) is 26.1 Å². The Morgan fingerprint density at radius 3 is 2.78 bits per heavy atom. The number of amides is 1. The van der Waals surface area contributed by atoms with Gasteiger partial charge in [-0.1, -0.05) is 18.2 Å². The maximum atomic E-state index is 13.9. The van der Waals surface area contributed by atoms with Gasteiger partial charge in [-0.2, -0.15) is 5.10 Å². The fourth-order valence-corrected chi connectivity index (χ4v) is 3.07. The van der Waals surface area contributed by atoms with E-state index in [0.717, 1.165) is 22.3 Å². The number of carbonyl (C=O) groups excluding carboxylic acids is 1. The summed E-state index contributed by atoms with van der Waals surface area (Å²) < 4.78 is 13.9. The molecule has 0 spiro atoms. The normalized spacial score (nSPS) is 12.3. The van der Waals surface area contributed by atoms with Gasteiger partial charge in [0.25, 0.3) is 5.91 Å². The van der Waals surface area contributed by atoms with Gasteiger partial charge in [0.05, 0.1) is 17.9 Å². The number of pyridine rings is 1. The lowest BCUT2D eigenvalue weighted by atomic mass is 10.1. The van der Waals surface area contributed by atoms with Gasteiger partial charge in [0.15, 0.2) is 0 Å². The van der Waals surface area contributed by atoms with Gasteiger partial charge in [0.1, 0.15) is 17.2 Å². The van der Waals surface area contributed by atoms with Crippen molar-refractivity contribution in [3.05, 3.63) is 71.4 Å². The number of aromatic nitrogens is 4. The van der Waals surface area contributed by atoms with E-state index in [4.69, 9.17) is 0 Å². The lowest BCUT2D eigenvalue weighted by Crippen LogP contribution is -2.27. The van der Waals surface area contributed by atoms with Crippen LogP contribution in [0.3, 0.4) is 0 Å². The molecule has 7 heteroatoms. The van der Waals surface area contributed by atoms with Crippen LogP contribution in [0.15, 0.2) is 48.7 Å². The number of nitrogens with zero attached hydrogens (tertiary/aromatic N) is 2. The van der Waals surface area contributed by atoms with E-state index in [1.807, 2.05) is 19.1 Å². The van der Waals surface area contributed by atoms with Crippen molar-refractivity contribution in [1.82, 2.24) is 25.5 Å². The molecule has 0 aliphatic rings. The zero-order chi connectivity index (χ0) is 19.0. The highest BCUT2D eigenvalue weighted by Crippen LogP contribution is 2.23. The Bertz CT molecular complexity index is 1130.